The monoisotopic (exact) mass is 891 g/mol. The van der Waals surface area contributed by atoms with Crippen molar-refractivity contribution < 1.29 is 22.2 Å². The Bertz CT molecular complexity index is 4480. The lowest BCUT2D eigenvalue weighted by molar-refractivity contribution is 0.598. The molecule has 0 saturated carbocycles. The number of aromatic nitrogens is 2. The van der Waals surface area contributed by atoms with Gasteiger partial charge in [0.15, 0.2) is 10.6 Å². The van der Waals surface area contributed by atoms with Gasteiger partial charge in [-0.15, -0.1) is 0 Å². The highest BCUT2D eigenvalue weighted by Crippen LogP contribution is 2.44. The van der Waals surface area contributed by atoms with Crippen LogP contribution in [-0.2, 0) is 4.57 Å². The van der Waals surface area contributed by atoms with E-state index >= 15 is 0 Å². The quantitative estimate of drug-likeness (QED) is 0.164. The number of fused-ring (bicyclic) bond motifs is 20. The number of benzene rings is 10. The summed E-state index contributed by atoms with van der Waals surface area (Å²) in [6, 6.07) is 66.7. The Morgan fingerprint density at radius 1 is 0.279 bits per heavy atom. The summed E-state index contributed by atoms with van der Waals surface area (Å²) in [6.07, 6.45) is 0. The van der Waals surface area contributed by atoms with Gasteiger partial charge in [0.1, 0.15) is 44.7 Å². The SMILES string of the molecule is O=[P+](c1ccc2oc3ccc4oc5ccc(-n6c7ccccc7c7ccccc76)cc5c4c3c2c1)c1ccc2oc3ccc4oc5ccc(-n6c7ccccc7c7ccccc76)cc5c4c3c2c1. The highest BCUT2D eigenvalue weighted by atomic mass is 31.1. The van der Waals surface area contributed by atoms with Crippen LogP contribution in [0.4, 0.5) is 0 Å². The van der Waals surface area contributed by atoms with Gasteiger partial charge in [0, 0.05) is 88.1 Å². The van der Waals surface area contributed by atoms with E-state index in [2.05, 4.69) is 143 Å². The van der Waals surface area contributed by atoms with E-state index in [-0.39, 0.29) is 0 Å². The molecule has 8 heteroatoms. The van der Waals surface area contributed by atoms with Gasteiger partial charge in [0.05, 0.1) is 22.1 Å². The first kappa shape index (κ1) is 36.3. The van der Waals surface area contributed by atoms with E-state index in [1.54, 1.807) is 0 Å². The molecule has 68 heavy (non-hydrogen) atoms. The molecular weight excluding hydrogens is 860 g/mol. The summed E-state index contributed by atoms with van der Waals surface area (Å²) in [5.41, 5.74) is 12.7. The molecule has 0 saturated heterocycles. The lowest BCUT2D eigenvalue weighted by atomic mass is 10.0. The summed E-state index contributed by atoms with van der Waals surface area (Å²) >= 11 is 0. The Labute approximate surface area is 385 Å². The minimum atomic E-state index is -2.04. The van der Waals surface area contributed by atoms with Crippen molar-refractivity contribution in [2.24, 2.45) is 0 Å². The van der Waals surface area contributed by atoms with Crippen molar-refractivity contribution in [3.8, 4) is 11.4 Å². The second-order valence-electron chi connectivity index (χ2n) is 17.8. The van der Waals surface area contributed by atoms with Crippen LogP contribution in [0.15, 0.2) is 212 Å². The smallest absolute Gasteiger partial charge is 0.415 e. The molecule has 0 radical (unpaired) electrons. The molecule has 16 rings (SSSR count). The van der Waals surface area contributed by atoms with Gasteiger partial charge in [0.2, 0.25) is 0 Å². The zero-order valence-corrected chi connectivity index (χ0v) is 36.8. The van der Waals surface area contributed by atoms with Crippen molar-refractivity contribution in [3.63, 3.8) is 0 Å². The molecule has 0 aliphatic heterocycles. The van der Waals surface area contributed by atoms with Crippen molar-refractivity contribution in [2.45, 2.75) is 0 Å². The maximum absolute atomic E-state index is 14.9. The van der Waals surface area contributed by atoms with Gasteiger partial charge in [-0.1, -0.05) is 77.4 Å². The van der Waals surface area contributed by atoms with Crippen LogP contribution in [0.25, 0.3) is 143 Å². The molecular formula is C60H32N2O5P+. The average molecular weight is 892 g/mol. The molecule has 0 aliphatic rings. The molecule has 0 aliphatic carbocycles. The molecule has 0 atom stereocenters. The molecule has 0 bridgehead atoms. The van der Waals surface area contributed by atoms with E-state index < -0.39 is 7.80 Å². The summed E-state index contributed by atoms with van der Waals surface area (Å²) in [5.74, 6) is 0. The fourth-order valence-corrected chi connectivity index (χ4v) is 12.5. The van der Waals surface area contributed by atoms with Gasteiger partial charge in [-0.2, -0.15) is 0 Å². The zero-order valence-electron chi connectivity index (χ0n) is 35.9. The van der Waals surface area contributed by atoms with Gasteiger partial charge in [0.25, 0.3) is 0 Å². The van der Waals surface area contributed by atoms with Crippen LogP contribution in [0.3, 0.4) is 0 Å². The lowest BCUT2D eigenvalue weighted by Gasteiger charge is -2.08. The predicted octanol–water partition coefficient (Wildman–Crippen LogP) is 16.3. The molecule has 7 nitrogen and oxygen atoms in total. The van der Waals surface area contributed by atoms with E-state index in [0.29, 0.717) is 10.6 Å². The number of para-hydroxylation sites is 4. The molecule has 6 heterocycles. The minimum Gasteiger partial charge on any atom is -0.456 e. The average Bonchev–Trinajstić information content (AvgIpc) is 4.24. The van der Waals surface area contributed by atoms with Crippen LogP contribution >= 0.6 is 7.80 Å². The van der Waals surface area contributed by atoms with E-state index in [9.17, 15) is 4.57 Å². The van der Waals surface area contributed by atoms with Crippen molar-refractivity contribution in [3.05, 3.63) is 194 Å². The predicted molar refractivity (Wildman–Crippen MR) is 278 cm³/mol. The highest BCUT2D eigenvalue weighted by Gasteiger charge is 2.28. The Morgan fingerprint density at radius 3 is 0.897 bits per heavy atom. The van der Waals surface area contributed by atoms with Crippen molar-refractivity contribution in [1.29, 1.82) is 0 Å². The first-order valence-corrected chi connectivity index (χ1v) is 23.9. The minimum absolute atomic E-state index is 0.702. The number of nitrogens with zero attached hydrogens (tertiary/aromatic N) is 2. The first-order valence-electron chi connectivity index (χ1n) is 22.7. The van der Waals surface area contributed by atoms with Gasteiger partial charge in [-0.25, -0.2) is 0 Å². The summed E-state index contributed by atoms with van der Waals surface area (Å²) in [5, 5.41) is 13.8. The largest absolute Gasteiger partial charge is 0.456 e. The van der Waals surface area contributed by atoms with Gasteiger partial charge >= 0.3 is 7.80 Å². The fourth-order valence-electron chi connectivity index (χ4n) is 11.3. The van der Waals surface area contributed by atoms with Crippen LogP contribution in [0.2, 0.25) is 0 Å². The normalized spacial score (nSPS) is 12.5. The van der Waals surface area contributed by atoms with E-state index in [1.165, 1.54) is 21.5 Å². The third-order valence-corrected chi connectivity index (χ3v) is 15.7. The number of rotatable bonds is 4. The zero-order chi connectivity index (χ0) is 44.4. The maximum atomic E-state index is 14.9. The molecule has 0 unspecified atom stereocenters. The van der Waals surface area contributed by atoms with Crippen LogP contribution < -0.4 is 10.6 Å². The molecule has 0 amide bonds. The molecule has 0 fully saturated rings. The molecule has 10 aromatic carbocycles. The highest BCUT2D eigenvalue weighted by molar-refractivity contribution is 7.61. The van der Waals surface area contributed by atoms with E-state index in [4.69, 9.17) is 17.7 Å². The number of hydrogen-bond acceptors (Lipinski definition) is 5. The molecule has 16 aromatic rings. The second kappa shape index (κ2) is 13.1. The Kier molecular flexibility index (Phi) is 7.02. The number of hydrogen-bond donors (Lipinski definition) is 0. The third kappa shape index (κ3) is 4.82. The Hall–Kier alpha value is -8.90. The van der Waals surface area contributed by atoms with Crippen molar-refractivity contribution >= 4 is 150 Å². The van der Waals surface area contributed by atoms with Gasteiger partial charge < -0.3 is 26.8 Å². The molecule has 316 valence electrons. The van der Waals surface area contributed by atoms with Crippen molar-refractivity contribution in [2.75, 3.05) is 0 Å². The first-order chi connectivity index (χ1) is 33.6. The van der Waals surface area contributed by atoms with E-state index in [1.807, 2.05) is 60.7 Å². The maximum Gasteiger partial charge on any atom is 0.415 e. The van der Waals surface area contributed by atoms with Gasteiger partial charge in [-0.3, -0.25) is 0 Å². The van der Waals surface area contributed by atoms with Gasteiger partial charge in [-0.05, 0) is 109 Å². The lowest BCUT2D eigenvalue weighted by Crippen LogP contribution is -2.06. The van der Waals surface area contributed by atoms with Crippen molar-refractivity contribution in [1.82, 2.24) is 9.13 Å². The van der Waals surface area contributed by atoms with Crippen LogP contribution in [0.5, 0.6) is 0 Å². The molecule has 0 spiro atoms. The topological polar surface area (TPSA) is 79.5 Å². The van der Waals surface area contributed by atoms with Crippen LogP contribution in [0, 0.1) is 0 Å². The second-order valence-corrected chi connectivity index (χ2v) is 19.4. The number of furan rings is 4. The molecule has 0 N–H and O–H groups in total. The summed E-state index contributed by atoms with van der Waals surface area (Å²) in [7, 11) is -2.04. The standard InChI is InChI=1S/C60H32N2O5P/c63-68(35-19-23-51-43(31-35)59-55(66-51)27-25-53-57(59)41-29-33(17-21-49(41)64-53)61-45-13-5-1-9-37(45)38-10-2-6-14-46(38)61)36-20-24-52-44(32-36)60-56(67-52)28-26-54-58(60)42-30-34(18-22-50(42)65-54)62-47-15-7-3-11-39(47)40-12-4-8-16-48(40)62/h1-32H/q+1. The van der Waals surface area contributed by atoms with Crippen LogP contribution in [-0.4, -0.2) is 9.13 Å². The fraction of sp³-hybridized carbons (Fsp3) is 0. The third-order valence-electron chi connectivity index (χ3n) is 14.2. The Morgan fingerprint density at radius 2 is 0.559 bits per heavy atom. The summed E-state index contributed by atoms with van der Waals surface area (Å²) in [6.45, 7) is 0. The summed E-state index contributed by atoms with van der Waals surface area (Å²) in [4.78, 5) is 0. The van der Waals surface area contributed by atoms with E-state index in [0.717, 1.165) is 121 Å². The summed E-state index contributed by atoms with van der Waals surface area (Å²) < 4.78 is 45.6. The Balaban J connectivity index is 0.853. The van der Waals surface area contributed by atoms with Crippen LogP contribution in [0.1, 0.15) is 0 Å². The molecule has 6 aromatic heterocycles.